The third-order valence-corrected chi connectivity index (χ3v) is 2.67. The molecule has 0 rings (SSSR count). The molecule has 4 N–H and O–H groups in total. The quantitative estimate of drug-likeness (QED) is 0.583. The van der Waals surface area contributed by atoms with E-state index in [4.69, 9.17) is 5.11 Å². The van der Waals surface area contributed by atoms with E-state index >= 15 is 0 Å². The number of amides is 3. The zero-order chi connectivity index (χ0) is 16.7. The van der Waals surface area contributed by atoms with E-state index in [2.05, 4.69) is 5.32 Å². The van der Waals surface area contributed by atoms with Crippen LogP contribution in [0.25, 0.3) is 0 Å². The van der Waals surface area contributed by atoms with E-state index in [1.807, 2.05) is 20.8 Å². The zero-order valence-corrected chi connectivity index (χ0v) is 12.3. The number of nitrogens with one attached hydrogen (secondary N) is 3. The summed E-state index contributed by atoms with van der Waals surface area (Å²) < 4.78 is 35.6. The lowest BCUT2D eigenvalue weighted by Gasteiger charge is -2.31. The minimum Gasteiger partial charge on any atom is -0.396 e. The maximum atomic E-state index is 11.9. The maximum Gasteiger partial charge on any atom is 0.405 e. The van der Waals surface area contributed by atoms with Crippen molar-refractivity contribution in [3.05, 3.63) is 0 Å². The summed E-state index contributed by atoms with van der Waals surface area (Å²) in [6.45, 7) is 3.93. The number of imide groups is 1. The Morgan fingerprint density at radius 1 is 1.19 bits per heavy atom. The van der Waals surface area contributed by atoms with Gasteiger partial charge in [0.05, 0.1) is 6.54 Å². The molecule has 3 amide bonds. The smallest absolute Gasteiger partial charge is 0.396 e. The number of aliphatic hydroxyl groups excluding tert-OH is 1. The molecule has 21 heavy (non-hydrogen) atoms. The van der Waals surface area contributed by atoms with Crippen molar-refractivity contribution in [1.29, 1.82) is 0 Å². The van der Waals surface area contributed by atoms with Crippen molar-refractivity contribution in [1.82, 2.24) is 16.0 Å². The highest BCUT2D eigenvalue weighted by atomic mass is 19.4. The number of carbonyl (C=O) groups excluding carboxylic acids is 2. The van der Waals surface area contributed by atoms with Crippen molar-refractivity contribution in [2.45, 2.75) is 39.4 Å². The van der Waals surface area contributed by atoms with Crippen LogP contribution in [0.4, 0.5) is 18.0 Å². The van der Waals surface area contributed by atoms with E-state index in [1.165, 1.54) is 5.32 Å². The van der Waals surface area contributed by atoms with Crippen LogP contribution in [0.3, 0.4) is 0 Å². The van der Waals surface area contributed by atoms with Gasteiger partial charge in [0.2, 0.25) is 5.91 Å². The van der Waals surface area contributed by atoms with Crippen molar-refractivity contribution in [3.63, 3.8) is 0 Å². The van der Waals surface area contributed by atoms with E-state index in [-0.39, 0.29) is 24.6 Å². The summed E-state index contributed by atoms with van der Waals surface area (Å²) in [6.07, 6.45) is -4.12. The number of hydrogen-bond donors (Lipinski definition) is 4. The molecule has 0 aromatic carbocycles. The molecule has 9 heteroatoms. The van der Waals surface area contributed by atoms with Gasteiger partial charge in [0.15, 0.2) is 0 Å². The molecule has 0 aliphatic rings. The van der Waals surface area contributed by atoms with E-state index in [0.29, 0.717) is 6.42 Å². The number of aliphatic hydroxyl groups is 1. The van der Waals surface area contributed by atoms with Crippen LogP contribution in [-0.4, -0.2) is 49.0 Å². The molecule has 0 aromatic rings. The second-order valence-corrected chi connectivity index (χ2v) is 5.66. The Balaban J connectivity index is 4.16. The van der Waals surface area contributed by atoms with E-state index in [9.17, 15) is 22.8 Å². The first-order chi connectivity index (χ1) is 9.45. The van der Waals surface area contributed by atoms with Gasteiger partial charge in [-0.1, -0.05) is 20.8 Å². The van der Waals surface area contributed by atoms with Gasteiger partial charge in [-0.15, -0.1) is 0 Å². The first kappa shape index (κ1) is 19.7. The van der Waals surface area contributed by atoms with Crippen molar-refractivity contribution >= 4 is 11.9 Å². The molecule has 0 bridgehead atoms. The molecule has 0 unspecified atom stereocenters. The SMILES string of the molecule is CC(C)(C)[C@H](CCO)NCC(=O)NC(=O)NCC(F)(F)F. The topological polar surface area (TPSA) is 90.5 Å². The summed E-state index contributed by atoms with van der Waals surface area (Å²) >= 11 is 0. The van der Waals surface area contributed by atoms with Crippen LogP contribution in [0, 0.1) is 5.41 Å². The molecule has 0 aliphatic carbocycles. The monoisotopic (exact) mass is 313 g/mol. The van der Waals surface area contributed by atoms with Gasteiger partial charge in [-0.25, -0.2) is 4.79 Å². The van der Waals surface area contributed by atoms with E-state index in [0.717, 1.165) is 0 Å². The number of halogens is 3. The van der Waals surface area contributed by atoms with Crippen LogP contribution in [0.1, 0.15) is 27.2 Å². The average molecular weight is 313 g/mol. The first-order valence-electron chi connectivity index (χ1n) is 6.44. The Labute approximate surface area is 121 Å². The molecule has 0 saturated carbocycles. The molecule has 0 heterocycles. The fraction of sp³-hybridized carbons (Fsp3) is 0.833. The lowest BCUT2D eigenvalue weighted by Crippen LogP contribution is -2.49. The predicted octanol–water partition coefficient (Wildman–Crippen LogP) is 0.761. The third-order valence-electron chi connectivity index (χ3n) is 2.67. The van der Waals surface area contributed by atoms with Gasteiger partial charge in [0, 0.05) is 12.6 Å². The molecule has 1 atom stereocenters. The van der Waals surface area contributed by atoms with Crippen LogP contribution in [0.2, 0.25) is 0 Å². The van der Waals surface area contributed by atoms with E-state index in [1.54, 1.807) is 5.32 Å². The molecule has 0 fully saturated rings. The number of rotatable bonds is 6. The lowest BCUT2D eigenvalue weighted by atomic mass is 9.85. The molecule has 0 saturated heterocycles. The number of hydrogen-bond acceptors (Lipinski definition) is 4. The van der Waals surface area contributed by atoms with Gasteiger partial charge in [-0.05, 0) is 11.8 Å². The third kappa shape index (κ3) is 10.1. The van der Waals surface area contributed by atoms with Crippen LogP contribution in [0.15, 0.2) is 0 Å². The highest BCUT2D eigenvalue weighted by molar-refractivity contribution is 5.95. The predicted molar refractivity (Wildman–Crippen MR) is 70.5 cm³/mol. The summed E-state index contributed by atoms with van der Waals surface area (Å²) in [6, 6.07) is -1.37. The molecule has 0 aliphatic heterocycles. The molecule has 6 nitrogen and oxygen atoms in total. The van der Waals surface area contributed by atoms with Crippen molar-refractivity contribution in [2.24, 2.45) is 5.41 Å². The fourth-order valence-electron chi connectivity index (χ4n) is 1.58. The van der Waals surface area contributed by atoms with Crippen LogP contribution < -0.4 is 16.0 Å². The van der Waals surface area contributed by atoms with Gasteiger partial charge < -0.3 is 15.7 Å². The summed E-state index contributed by atoms with van der Waals surface area (Å²) in [5, 5.41) is 15.1. The van der Waals surface area contributed by atoms with Crippen LogP contribution in [0.5, 0.6) is 0 Å². The minimum absolute atomic E-state index is 0.0668. The molecular formula is C12H22F3N3O3. The highest BCUT2D eigenvalue weighted by Gasteiger charge is 2.28. The average Bonchev–Trinajstić information content (AvgIpc) is 2.29. The molecule has 0 radical (unpaired) electrons. The highest BCUT2D eigenvalue weighted by Crippen LogP contribution is 2.21. The largest absolute Gasteiger partial charge is 0.405 e. The second kappa shape index (κ2) is 8.18. The second-order valence-electron chi connectivity index (χ2n) is 5.66. The fourth-order valence-corrected chi connectivity index (χ4v) is 1.58. The van der Waals surface area contributed by atoms with Gasteiger partial charge in [-0.3, -0.25) is 10.1 Å². The van der Waals surface area contributed by atoms with E-state index < -0.39 is 24.7 Å². The molecule has 0 spiro atoms. The Bertz CT molecular complexity index is 354. The van der Waals surface area contributed by atoms with Crippen molar-refractivity contribution in [2.75, 3.05) is 19.7 Å². The van der Waals surface area contributed by atoms with Gasteiger partial charge >= 0.3 is 12.2 Å². The first-order valence-corrected chi connectivity index (χ1v) is 6.44. The van der Waals surface area contributed by atoms with Crippen molar-refractivity contribution in [3.8, 4) is 0 Å². The van der Waals surface area contributed by atoms with Gasteiger partial charge in [-0.2, -0.15) is 13.2 Å². The summed E-state index contributed by atoms with van der Waals surface area (Å²) in [5.74, 6) is -0.748. The normalized spacial score (nSPS) is 13.7. The lowest BCUT2D eigenvalue weighted by molar-refractivity contribution is -0.124. The maximum absolute atomic E-state index is 11.9. The minimum atomic E-state index is -4.53. The Hall–Kier alpha value is -1.35. The Kier molecular flexibility index (Phi) is 7.65. The van der Waals surface area contributed by atoms with Gasteiger partial charge in [0.1, 0.15) is 6.54 Å². The molecule has 0 aromatic heterocycles. The number of alkyl halides is 3. The number of urea groups is 1. The number of carbonyl (C=O) groups is 2. The Morgan fingerprint density at radius 3 is 2.19 bits per heavy atom. The Morgan fingerprint density at radius 2 is 1.76 bits per heavy atom. The van der Waals surface area contributed by atoms with Crippen LogP contribution in [-0.2, 0) is 4.79 Å². The zero-order valence-electron chi connectivity index (χ0n) is 12.3. The summed E-state index contributed by atoms with van der Waals surface area (Å²) in [4.78, 5) is 22.5. The van der Waals surface area contributed by atoms with Gasteiger partial charge in [0.25, 0.3) is 0 Å². The standard InChI is InChI=1S/C12H22F3N3O3/c1-11(2,3)8(4-5-19)16-6-9(20)18-10(21)17-7-12(13,14)15/h8,16,19H,4-7H2,1-3H3,(H2,17,18,20,21)/t8-/m0/s1. The summed E-state index contributed by atoms with van der Waals surface area (Å²) in [5.41, 5.74) is -0.221. The van der Waals surface area contributed by atoms with Crippen molar-refractivity contribution < 1.29 is 27.9 Å². The summed E-state index contributed by atoms with van der Waals surface area (Å²) in [7, 11) is 0. The molecule has 124 valence electrons. The molecular weight excluding hydrogens is 291 g/mol. The van der Waals surface area contributed by atoms with Crippen LogP contribution >= 0.6 is 0 Å².